The molecule has 1 N–H and O–H groups in total. The number of hydrogen-bond donors (Lipinski definition) is 1. The summed E-state index contributed by atoms with van der Waals surface area (Å²) in [5.41, 5.74) is 0.600. The molecule has 2 aliphatic heterocycles. The number of rotatable bonds is 7. The second-order valence-corrected chi connectivity index (χ2v) is 9.07. The van der Waals surface area contributed by atoms with Gasteiger partial charge in [0.2, 0.25) is 5.91 Å². The van der Waals surface area contributed by atoms with Crippen LogP contribution < -0.4 is 14.8 Å². The number of piperidine rings is 2. The predicted octanol–water partition coefficient (Wildman–Crippen LogP) is 2.79. The molecule has 0 saturated carbocycles. The fourth-order valence-electron chi connectivity index (χ4n) is 4.52. The number of nitrogens with zero attached hydrogens (tertiary/aromatic N) is 2. The van der Waals surface area contributed by atoms with Crippen LogP contribution >= 0.6 is 0 Å². The van der Waals surface area contributed by atoms with E-state index in [-0.39, 0.29) is 17.7 Å². The van der Waals surface area contributed by atoms with Gasteiger partial charge in [-0.05, 0) is 56.8 Å². The summed E-state index contributed by atoms with van der Waals surface area (Å²) >= 11 is 0. The fourth-order valence-corrected chi connectivity index (χ4v) is 4.52. The Morgan fingerprint density at radius 3 is 2.06 bits per heavy atom. The summed E-state index contributed by atoms with van der Waals surface area (Å²) in [7, 11) is 3.18. The van der Waals surface area contributed by atoms with Crippen molar-refractivity contribution in [2.45, 2.75) is 45.6 Å². The van der Waals surface area contributed by atoms with Crippen LogP contribution in [0.1, 0.15) is 49.9 Å². The minimum atomic E-state index is 0.0242. The van der Waals surface area contributed by atoms with Crippen LogP contribution in [0.2, 0.25) is 0 Å². The Labute approximate surface area is 186 Å². The molecule has 0 bridgehead atoms. The molecule has 7 nitrogen and oxygen atoms in total. The number of nitrogens with one attached hydrogen (secondary N) is 1. The van der Waals surface area contributed by atoms with Crippen molar-refractivity contribution in [3.63, 3.8) is 0 Å². The minimum absolute atomic E-state index is 0.0242. The number of likely N-dealkylation sites (tertiary alicyclic amines) is 2. The second kappa shape index (κ2) is 10.8. The molecule has 0 spiro atoms. The van der Waals surface area contributed by atoms with Crippen LogP contribution in [0.25, 0.3) is 0 Å². The van der Waals surface area contributed by atoms with Gasteiger partial charge in [0, 0.05) is 43.2 Å². The van der Waals surface area contributed by atoms with Crippen LogP contribution in [0.15, 0.2) is 18.2 Å². The first-order valence-corrected chi connectivity index (χ1v) is 11.4. The molecule has 0 unspecified atom stereocenters. The lowest BCUT2D eigenvalue weighted by Gasteiger charge is -2.41. The van der Waals surface area contributed by atoms with Crippen LogP contribution in [0.4, 0.5) is 0 Å². The van der Waals surface area contributed by atoms with Gasteiger partial charge in [-0.3, -0.25) is 9.59 Å². The fraction of sp³-hybridized carbons (Fsp3) is 0.667. The van der Waals surface area contributed by atoms with Crippen molar-refractivity contribution in [1.29, 1.82) is 0 Å². The normalized spacial score (nSPS) is 18.8. The van der Waals surface area contributed by atoms with Crippen molar-refractivity contribution in [2.75, 3.05) is 46.9 Å². The molecule has 31 heavy (non-hydrogen) atoms. The van der Waals surface area contributed by atoms with Crippen LogP contribution in [-0.2, 0) is 4.79 Å². The standard InChI is InChI=1S/C24H37N3O4/c1-17(2)16-25-23(28)18-5-9-26(10-6-18)20-7-11-27(12-8-20)24(29)19-13-21(30-3)15-22(14-19)31-4/h13-15,17-18,20H,5-12,16H2,1-4H3,(H,25,28). The topological polar surface area (TPSA) is 71.1 Å². The summed E-state index contributed by atoms with van der Waals surface area (Å²) in [6.07, 6.45) is 3.79. The van der Waals surface area contributed by atoms with Crippen molar-refractivity contribution in [3.05, 3.63) is 23.8 Å². The lowest BCUT2D eigenvalue weighted by molar-refractivity contribution is -0.126. The molecule has 2 fully saturated rings. The SMILES string of the molecule is COc1cc(OC)cc(C(=O)N2CCC(N3CCC(C(=O)NCC(C)C)CC3)CC2)c1. The number of ether oxygens (including phenoxy) is 2. The summed E-state index contributed by atoms with van der Waals surface area (Å²) in [6.45, 7) is 8.41. The maximum atomic E-state index is 13.0. The third-order valence-electron chi connectivity index (χ3n) is 6.45. The maximum Gasteiger partial charge on any atom is 0.254 e. The lowest BCUT2D eigenvalue weighted by Crippen LogP contribution is -2.50. The van der Waals surface area contributed by atoms with Crippen molar-refractivity contribution >= 4 is 11.8 Å². The van der Waals surface area contributed by atoms with E-state index in [0.29, 0.717) is 29.0 Å². The third-order valence-corrected chi connectivity index (χ3v) is 6.45. The highest BCUT2D eigenvalue weighted by atomic mass is 16.5. The summed E-state index contributed by atoms with van der Waals surface area (Å²) < 4.78 is 10.6. The Balaban J connectivity index is 1.48. The molecule has 0 aliphatic carbocycles. The average molecular weight is 432 g/mol. The number of methoxy groups -OCH3 is 2. The third kappa shape index (κ3) is 6.12. The highest BCUT2D eigenvalue weighted by Gasteiger charge is 2.32. The molecule has 0 atom stereocenters. The smallest absolute Gasteiger partial charge is 0.254 e. The predicted molar refractivity (Wildman–Crippen MR) is 121 cm³/mol. The van der Waals surface area contributed by atoms with Gasteiger partial charge in [-0.25, -0.2) is 0 Å². The van der Waals surface area contributed by atoms with Crippen molar-refractivity contribution < 1.29 is 19.1 Å². The molecule has 3 rings (SSSR count). The molecule has 2 saturated heterocycles. The summed E-state index contributed by atoms with van der Waals surface area (Å²) in [5.74, 6) is 2.10. The van der Waals surface area contributed by atoms with Gasteiger partial charge < -0.3 is 24.6 Å². The van der Waals surface area contributed by atoms with E-state index < -0.39 is 0 Å². The first kappa shape index (κ1) is 23.4. The molecule has 2 aliphatic rings. The number of benzene rings is 1. The highest BCUT2D eigenvalue weighted by molar-refractivity contribution is 5.95. The van der Waals surface area contributed by atoms with E-state index in [1.807, 2.05) is 4.90 Å². The first-order valence-electron chi connectivity index (χ1n) is 11.4. The molecule has 172 valence electrons. The molecule has 1 aromatic rings. The van der Waals surface area contributed by atoms with Crippen LogP contribution in [-0.4, -0.2) is 74.6 Å². The Kier molecular flexibility index (Phi) is 8.18. The van der Waals surface area contributed by atoms with Crippen molar-refractivity contribution in [1.82, 2.24) is 15.1 Å². The molecular weight excluding hydrogens is 394 g/mol. The first-order chi connectivity index (χ1) is 14.9. The number of hydrogen-bond acceptors (Lipinski definition) is 5. The van der Waals surface area contributed by atoms with E-state index in [2.05, 4.69) is 24.1 Å². The van der Waals surface area contributed by atoms with Crippen molar-refractivity contribution in [3.8, 4) is 11.5 Å². The second-order valence-electron chi connectivity index (χ2n) is 9.07. The largest absolute Gasteiger partial charge is 0.497 e. The molecule has 0 radical (unpaired) electrons. The Morgan fingerprint density at radius 1 is 0.968 bits per heavy atom. The van der Waals surface area contributed by atoms with Crippen LogP contribution in [0.3, 0.4) is 0 Å². The van der Waals surface area contributed by atoms with Crippen LogP contribution in [0.5, 0.6) is 11.5 Å². The van der Waals surface area contributed by atoms with E-state index in [9.17, 15) is 9.59 Å². The zero-order valence-corrected chi connectivity index (χ0v) is 19.4. The van der Waals surface area contributed by atoms with E-state index in [4.69, 9.17) is 9.47 Å². The minimum Gasteiger partial charge on any atom is -0.497 e. The van der Waals surface area contributed by atoms with Gasteiger partial charge in [-0.1, -0.05) is 13.8 Å². The zero-order valence-electron chi connectivity index (χ0n) is 19.4. The Morgan fingerprint density at radius 2 is 1.55 bits per heavy atom. The molecule has 7 heteroatoms. The molecule has 2 amide bonds. The van der Waals surface area contributed by atoms with Gasteiger partial charge in [0.25, 0.3) is 5.91 Å². The monoisotopic (exact) mass is 431 g/mol. The van der Waals surface area contributed by atoms with E-state index in [1.54, 1.807) is 32.4 Å². The van der Waals surface area contributed by atoms with E-state index >= 15 is 0 Å². The molecular formula is C24H37N3O4. The number of carbonyl (C=O) groups is 2. The van der Waals surface area contributed by atoms with Gasteiger partial charge in [0.05, 0.1) is 14.2 Å². The van der Waals surface area contributed by atoms with Gasteiger partial charge in [0.1, 0.15) is 11.5 Å². The van der Waals surface area contributed by atoms with E-state index in [1.165, 1.54) is 0 Å². The van der Waals surface area contributed by atoms with Crippen LogP contribution in [0, 0.1) is 11.8 Å². The summed E-state index contributed by atoms with van der Waals surface area (Å²) in [4.78, 5) is 29.8. The number of carbonyl (C=O) groups excluding carboxylic acids is 2. The Hall–Kier alpha value is -2.28. The van der Waals surface area contributed by atoms with Gasteiger partial charge >= 0.3 is 0 Å². The van der Waals surface area contributed by atoms with E-state index in [0.717, 1.165) is 58.4 Å². The molecule has 1 aromatic carbocycles. The Bertz CT molecular complexity index is 729. The molecule has 2 heterocycles. The molecule has 0 aromatic heterocycles. The van der Waals surface area contributed by atoms with Gasteiger partial charge in [-0.2, -0.15) is 0 Å². The average Bonchev–Trinajstić information content (AvgIpc) is 2.81. The van der Waals surface area contributed by atoms with Crippen molar-refractivity contribution in [2.24, 2.45) is 11.8 Å². The zero-order chi connectivity index (χ0) is 22.4. The van der Waals surface area contributed by atoms with Gasteiger partial charge in [0.15, 0.2) is 0 Å². The van der Waals surface area contributed by atoms with Gasteiger partial charge in [-0.15, -0.1) is 0 Å². The lowest BCUT2D eigenvalue weighted by atomic mass is 9.92. The number of amides is 2. The summed E-state index contributed by atoms with van der Waals surface area (Å²) in [5, 5.41) is 3.08. The quantitative estimate of drug-likeness (QED) is 0.719. The summed E-state index contributed by atoms with van der Waals surface area (Å²) in [6, 6.07) is 5.80. The maximum absolute atomic E-state index is 13.0. The highest BCUT2D eigenvalue weighted by Crippen LogP contribution is 2.27.